The van der Waals surface area contributed by atoms with Crippen molar-refractivity contribution in [1.82, 2.24) is 9.55 Å². The third-order valence-electron chi connectivity index (χ3n) is 3.37. The van der Waals surface area contributed by atoms with Crippen LogP contribution in [0.5, 0.6) is 0 Å². The first-order valence-electron chi connectivity index (χ1n) is 6.96. The van der Waals surface area contributed by atoms with Gasteiger partial charge in [-0.05, 0) is 51.8 Å². The van der Waals surface area contributed by atoms with Crippen molar-refractivity contribution in [3.05, 3.63) is 47.0 Å². The first kappa shape index (κ1) is 14.6. The summed E-state index contributed by atoms with van der Waals surface area (Å²) in [5, 5.41) is 3.33. The average molecular weight is 275 g/mol. The van der Waals surface area contributed by atoms with Gasteiger partial charge in [-0.1, -0.05) is 12.1 Å². The van der Waals surface area contributed by atoms with Crippen molar-refractivity contribution in [2.24, 2.45) is 0 Å². The van der Waals surface area contributed by atoms with Crippen molar-refractivity contribution >= 4 is 5.95 Å². The van der Waals surface area contributed by atoms with E-state index in [4.69, 9.17) is 0 Å². The molecule has 2 rings (SSSR count). The van der Waals surface area contributed by atoms with Gasteiger partial charge in [0.25, 0.3) is 0 Å². The molecule has 108 valence electrons. The normalized spacial score (nSPS) is 12.8. The van der Waals surface area contributed by atoms with Crippen LogP contribution >= 0.6 is 0 Å². The van der Waals surface area contributed by atoms with Gasteiger partial charge in [0.2, 0.25) is 5.95 Å². The van der Waals surface area contributed by atoms with Crippen molar-refractivity contribution in [1.29, 1.82) is 0 Å². The lowest BCUT2D eigenvalue weighted by Gasteiger charge is -2.19. The second kappa shape index (κ2) is 5.65. The molecule has 2 aromatic rings. The largest absolute Gasteiger partial charge is 0.353 e. The zero-order chi connectivity index (χ0) is 14.9. The quantitative estimate of drug-likeness (QED) is 0.911. The summed E-state index contributed by atoms with van der Waals surface area (Å²) in [6, 6.07) is 5.73. The second-order valence-electron chi connectivity index (χ2n) is 5.60. The molecule has 0 amide bonds. The molecule has 0 saturated heterocycles. The summed E-state index contributed by atoms with van der Waals surface area (Å²) in [7, 11) is 0. The van der Waals surface area contributed by atoms with E-state index in [9.17, 15) is 4.39 Å². The molecule has 0 spiro atoms. The summed E-state index contributed by atoms with van der Waals surface area (Å²) in [6.45, 7) is 9.94. The molecule has 0 aliphatic heterocycles. The van der Waals surface area contributed by atoms with E-state index in [1.54, 1.807) is 13.0 Å². The van der Waals surface area contributed by atoms with E-state index in [0.29, 0.717) is 11.6 Å². The number of halogens is 1. The molecule has 0 radical (unpaired) electrons. The van der Waals surface area contributed by atoms with Crippen LogP contribution in [0, 0.1) is 19.7 Å². The van der Waals surface area contributed by atoms with Gasteiger partial charge in [0.05, 0.1) is 11.7 Å². The Morgan fingerprint density at radius 1 is 1.20 bits per heavy atom. The topological polar surface area (TPSA) is 29.9 Å². The minimum atomic E-state index is -0.162. The Kier molecular flexibility index (Phi) is 4.12. The van der Waals surface area contributed by atoms with Crippen LogP contribution in [0.3, 0.4) is 0 Å². The van der Waals surface area contributed by atoms with E-state index in [1.165, 1.54) is 0 Å². The molecule has 1 aromatic heterocycles. The van der Waals surface area contributed by atoms with Crippen molar-refractivity contribution in [3.8, 4) is 0 Å². The number of rotatable bonds is 4. The molecule has 0 aliphatic carbocycles. The van der Waals surface area contributed by atoms with Crippen molar-refractivity contribution in [2.45, 2.75) is 46.7 Å². The van der Waals surface area contributed by atoms with Crippen molar-refractivity contribution < 1.29 is 4.39 Å². The zero-order valence-electron chi connectivity index (χ0n) is 12.7. The van der Waals surface area contributed by atoms with Crippen LogP contribution in [0.1, 0.15) is 43.6 Å². The minimum absolute atomic E-state index is 0.0348. The highest BCUT2D eigenvalue weighted by Gasteiger charge is 2.15. The molecule has 4 heteroatoms. The zero-order valence-corrected chi connectivity index (χ0v) is 12.7. The summed E-state index contributed by atoms with van der Waals surface area (Å²) in [5.74, 6) is 0.663. The molecule has 3 nitrogen and oxygen atoms in total. The van der Waals surface area contributed by atoms with Crippen LogP contribution in [0.25, 0.3) is 0 Å². The maximum absolute atomic E-state index is 13.7. The molecule has 1 unspecified atom stereocenters. The third-order valence-corrected chi connectivity index (χ3v) is 3.37. The first-order valence-corrected chi connectivity index (χ1v) is 6.96. The van der Waals surface area contributed by atoms with E-state index >= 15 is 0 Å². The maximum Gasteiger partial charge on any atom is 0.203 e. The predicted octanol–water partition coefficient (Wildman–Crippen LogP) is 4.07. The second-order valence-corrected chi connectivity index (χ2v) is 5.60. The molecule has 1 N–H and O–H groups in total. The Balaban J connectivity index is 2.37. The van der Waals surface area contributed by atoms with Gasteiger partial charge in [-0.15, -0.1) is 0 Å². The van der Waals surface area contributed by atoms with Crippen molar-refractivity contribution in [2.75, 3.05) is 5.32 Å². The van der Waals surface area contributed by atoms with Gasteiger partial charge in [0, 0.05) is 12.2 Å². The molecule has 0 bridgehead atoms. The standard InChI is InChI=1S/C16H22FN3/c1-10(2)18-16-19-12(4)9-20(16)13(5)14-7-6-11(3)15(17)8-14/h6-10,13H,1-5H3,(H,18,19). The van der Waals surface area contributed by atoms with Gasteiger partial charge in [0.15, 0.2) is 0 Å². The van der Waals surface area contributed by atoms with Gasteiger partial charge < -0.3 is 9.88 Å². The Labute approximate surface area is 119 Å². The van der Waals surface area contributed by atoms with Gasteiger partial charge in [-0.2, -0.15) is 0 Å². The third kappa shape index (κ3) is 3.00. The number of nitrogens with one attached hydrogen (secondary N) is 1. The highest BCUT2D eigenvalue weighted by molar-refractivity contribution is 5.34. The number of aromatic nitrogens is 2. The predicted molar refractivity (Wildman–Crippen MR) is 80.7 cm³/mol. The molecule has 20 heavy (non-hydrogen) atoms. The minimum Gasteiger partial charge on any atom is -0.353 e. The number of aryl methyl sites for hydroxylation is 2. The molecule has 1 atom stereocenters. The fourth-order valence-corrected chi connectivity index (χ4v) is 2.21. The number of benzene rings is 1. The highest BCUT2D eigenvalue weighted by Crippen LogP contribution is 2.24. The molecule has 1 aromatic carbocycles. The fourth-order valence-electron chi connectivity index (χ4n) is 2.21. The summed E-state index contributed by atoms with van der Waals surface area (Å²) in [5.41, 5.74) is 2.56. The van der Waals surface area contributed by atoms with Gasteiger partial charge in [0.1, 0.15) is 5.82 Å². The van der Waals surface area contributed by atoms with Crippen LogP contribution < -0.4 is 5.32 Å². The average Bonchev–Trinajstić information content (AvgIpc) is 2.72. The van der Waals surface area contributed by atoms with Gasteiger partial charge >= 0.3 is 0 Å². The van der Waals surface area contributed by atoms with Gasteiger partial charge in [-0.3, -0.25) is 0 Å². The lowest BCUT2D eigenvalue weighted by atomic mass is 10.1. The smallest absolute Gasteiger partial charge is 0.203 e. The molecular weight excluding hydrogens is 253 g/mol. The lowest BCUT2D eigenvalue weighted by Crippen LogP contribution is -2.17. The summed E-state index contributed by atoms with van der Waals surface area (Å²) in [4.78, 5) is 4.50. The molecule has 0 fully saturated rings. The summed E-state index contributed by atoms with van der Waals surface area (Å²) < 4.78 is 15.8. The van der Waals surface area contributed by atoms with Gasteiger partial charge in [-0.25, -0.2) is 9.37 Å². The Morgan fingerprint density at radius 2 is 1.90 bits per heavy atom. The SMILES string of the molecule is Cc1cn(C(C)c2ccc(C)c(F)c2)c(NC(C)C)n1. The number of hydrogen-bond donors (Lipinski definition) is 1. The number of nitrogens with zero attached hydrogens (tertiary/aromatic N) is 2. The van der Waals surface area contributed by atoms with E-state index < -0.39 is 0 Å². The monoisotopic (exact) mass is 275 g/mol. The molecule has 1 heterocycles. The van der Waals surface area contributed by atoms with Crippen LogP contribution in [-0.4, -0.2) is 15.6 Å². The van der Waals surface area contributed by atoms with E-state index in [0.717, 1.165) is 17.2 Å². The lowest BCUT2D eigenvalue weighted by molar-refractivity contribution is 0.598. The van der Waals surface area contributed by atoms with Crippen LogP contribution in [0.4, 0.5) is 10.3 Å². The summed E-state index contributed by atoms with van der Waals surface area (Å²) >= 11 is 0. The maximum atomic E-state index is 13.7. The van der Waals surface area contributed by atoms with Crippen molar-refractivity contribution in [3.63, 3.8) is 0 Å². The number of hydrogen-bond acceptors (Lipinski definition) is 2. The van der Waals surface area contributed by atoms with E-state index in [1.807, 2.05) is 25.3 Å². The van der Waals surface area contributed by atoms with E-state index in [2.05, 4.69) is 35.6 Å². The van der Waals surface area contributed by atoms with Crippen LogP contribution in [0.2, 0.25) is 0 Å². The highest BCUT2D eigenvalue weighted by atomic mass is 19.1. The Morgan fingerprint density at radius 3 is 2.50 bits per heavy atom. The molecular formula is C16H22FN3. The Hall–Kier alpha value is -1.84. The Bertz CT molecular complexity index is 602. The first-order chi connectivity index (χ1) is 9.38. The molecule has 0 saturated carbocycles. The van der Waals surface area contributed by atoms with Crippen LogP contribution in [0.15, 0.2) is 24.4 Å². The summed E-state index contributed by atoms with van der Waals surface area (Å²) in [6.07, 6.45) is 1.99. The fraction of sp³-hybridized carbons (Fsp3) is 0.438. The van der Waals surface area contributed by atoms with E-state index in [-0.39, 0.29) is 11.9 Å². The van der Waals surface area contributed by atoms with Crippen LogP contribution in [-0.2, 0) is 0 Å². The molecule has 0 aliphatic rings. The number of imidazole rings is 1. The number of anilines is 1.